The van der Waals surface area contributed by atoms with E-state index in [4.69, 9.17) is 0 Å². The van der Waals surface area contributed by atoms with Gasteiger partial charge in [-0.2, -0.15) is 0 Å². The molecule has 0 aliphatic carbocycles. The molecular weight excluding hydrogens is 374 g/mol. The molecule has 1 atom stereocenters. The first-order valence-electron chi connectivity index (χ1n) is 9.91. The predicted octanol–water partition coefficient (Wildman–Crippen LogP) is 4.17. The van der Waals surface area contributed by atoms with Crippen molar-refractivity contribution in [2.75, 3.05) is 19.4 Å². The van der Waals surface area contributed by atoms with E-state index >= 15 is 0 Å². The number of amides is 2. The Morgan fingerprint density at radius 3 is 2.13 bits per heavy atom. The topological polar surface area (TPSA) is 61.4 Å². The first-order chi connectivity index (χ1) is 14.5. The molecule has 0 unspecified atom stereocenters. The molecule has 0 bridgehead atoms. The lowest BCUT2D eigenvalue weighted by molar-refractivity contribution is -0.121. The summed E-state index contributed by atoms with van der Waals surface area (Å²) >= 11 is 0. The summed E-state index contributed by atoms with van der Waals surface area (Å²) in [6.07, 6.45) is 0. The van der Waals surface area contributed by atoms with E-state index in [9.17, 15) is 9.59 Å². The van der Waals surface area contributed by atoms with Crippen molar-refractivity contribution >= 4 is 17.5 Å². The van der Waals surface area contributed by atoms with E-state index in [1.807, 2.05) is 85.6 Å². The van der Waals surface area contributed by atoms with Gasteiger partial charge >= 0.3 is 0 Å². The number of nitrogens with one attached hydrogen (secondary N) is 2. The standard InChI is InChI=1S/C25H27N3O2/c1-18-9-15-22(16-10-18)27-25(30)23(20-7-5-4-6-8-20)28(3)17-19-11-13-21(14-12-19)24(29)26-2/h4-16,23H,17H2,1-3H3,(H,26,29)(H,27,30)/t23-/m0/s1. The maximum absolute atomic E-state index is 13.2. The second kappa shape index (κ2) is 9.85. The van der Waals surface area contributed by atoms with Crippen molar-refractivity contribution in [3.63, 3.8) is 0 Å². The summed E-state index contributed by atoms with van der Waals surface area (Å²) in [6.45, 7) is 2.58. The van der Waals surface area contributed by atoms with Gasteiger partial charge in [-0.25, -0.2) is 0 Å². The van der Waals surface area contributed by atoms with Crippen LogP contribution in [0.3, 0.4) is 0 Å². The summed E-state index contributed by atoms with van der Waals surface area (Å²) in [5.41, 5.74) is 4.47. The van der Waals surface area contributed by atoms with Crippen LogP contribution in [0.5, 0.6) is 0 Å². The molecule has 3 aromatic rings. The first kappa shape index (κ1) is 21.3. The Hall–Kier alpha value is -3.44. The SMILES string of the molecule is CNC(=O)c1ccc(CN(C)[C@H](C(=O)Nc2ccc(C)cc2)c2ccccc2)cc1. The summed E-state index contributed by atoms with van der Waals surface area (Å²) in [7, 11) is 3.54. The first-order valence-corrected chi connectivity index (χ1v) is 9.91. The Morgan fingerprint density at radius 1 is 0.900 bits per heavy atom. The minimum Gasteiger partial charge on any atom is -0.355 e. The Bertz CT molecular complexity index is 983. The van der Waals surface area contributed by atoms with Crippen molar-refractivity contribution in [2.24, 2.45) is 0 Å². The largest absolute Gasteiger partial charge is 0.355 e. The quantitative estimate of drug-likeness (QED) is 0.625. The highest BCUT2D eigenvalue weighted by Crippen LogP contribution is 2.24. The molecule has 0 aliphatic rings. The van der Waals surface area contributed by atoms with Crippen LogP contribution < -0.4 is 10.6 Å². The van der Waals surface area contributed by atoms with Crippen molar-refractivity contribution in [1.29, 1.82) is 0 Å². The summed E-state index contributed by atoms with van der Waals surface area (Å²) in [5, 5.41) is 5.65. The van der Waals surface area contributed by atoms with Gasteiger partial charge in [0.1, 0.15) is 6.04 Å². The van der Waals surface area contributed by atoms with Crippen LogP contribution in [0.4, 0.5) is 5.69 Å². The van der Waals surface area contributed by atoms with Crippen molar-refractivity contribution in [2.45, 2.75) is 19.5 Å². The predicted molar refractivity (Wildman–Crippen MR) is 120 cm³/mol. The molecule has 2 N–H and O–H groups in total. The third-order valence-electron chi connectivity index (χ3n) is 5.00. The number of anilines is 1. The fourth-order valence-electron chi connectivity index (χ4n) is 3.37. The lowest BCUT2D eigenvalue weighted by atomic mass is 10.0. The van der Waals surface area contributed by atoms with Gasteiger partial charge in [0.25, 0.3) is 5.91 Å². The average molecular weight is 402 g/mol. The zero-order valence-electron chi connectivity index (χ0n) is 17.6. The van der Waals surface area contributed by atoms with E-state index in [0.717, 1.165) is 22.4 Å². The van der Waals surface area contributed by atoms with Gasteiger partial charge in [-0.15, -0.1) is 0 Å². The van der Waals surface area contributed by atoms with Crippen LogP contribution in [-0.4, -0.2) is 30.8 Å². The zero-order valence-corrected chi connectivity index (χ0v) is 17.6. The van der Waals surface area contributed by atoms with E-state index in [0.29, 0.717) is 12.1 Å². The molecule has 0 radical (unpaired) electrons. The Kier molecular flexibility index (Phi) is 6.99. The maximum atomic E-state index is 13.2. The molecule has 5 heteroatoms. The molecule has 0 fully saturated rings. The molecule has 0 saturated heterocycles. The summed E-state index contributed by atoms with van der Waals surface area (Å²) in [4.78, 5) is 27.0. The van der Waals surface area contributed by atoms with Gasteiger partial charge in [0, 0.05) is 24.8 Å². The molecule has 0 aromatic heterocycles. The second-order valence-corrected chi connectivity index (χ2v) is 7.36. The molecule has 0 saturated carbocycles. The summed E-state index contributed by atoms with van der Waals surface area (Å²) in [5.74, 6) is -0.205. The van der Waals surface area contributed by atoms with E-state index < -0.39 is 6.04 Å². The number of carbonyl (C=O) groups is 2. The highest BCUT2D eigenvalue weighted by Gasteiger charge is 2.25. The normalized spacial score (nSPS) is 11.7. The maximum Gasteiger partial charge on any atom is 0.251 e. The number of likely N-dealkylation sites (N-methyl/N-ethyl adjacent to an activating group) is 1. The van der Waals surface area contributed by atoms with Crippen molar-refractivity contribution in [3.05, 3.63) is 101 Å². The van der Waals surface area contributed by atoms with Crippen LogP contribution in [0.2, 0.25) is 0 Å². The minimum atomic E-state index is -0.453. The van der Waals surface area contributed by atoms with Gasteiger partial charge in [-0.1, -0.05) is 60.2 Å². The van der Waals surface area contributed by atoms with E-state index in [2.05, 4.69) is 10.6 Å². The monoisotopic (exact) mass is 401 g/mol. The molecule has 0 aliphatic heterocycles. The molecular formula is C25H27N3O2. The van der Waals surface area contributed by atoms with Gasteiger partial charge in [-0.05, 0) is 49.4 Å². The highest BCUT2D eigenvalue weighted by atomic mass is 16.2. The summed E-state index contributed by atoms with van der Waals surface area (Å²) in [6, 6.07) is 24.5. The van der Waals surface area contributed by atoms with Gasteiger partial charge < -0.3 is 10.6 Å². The van der Waals surface area contributed by atoms with E-state index in [1.54, 1.807) is 19.2 Å². The lowest BCUT2D eigenvalue weighted by Gasteiger charge is -2.28. The third-order valence-corrected chi connectivity index (χ3v) is 5.00. The van der Waals surface area contributed by atoms with Gasteiger partial charge in [0.15, 0.2) is 0 Å². The number of carbonyl (C=O) groups excluding carboxylic acids is 2. The molecule has 5 nitrogen and oxygen atoms in total. The van der Waals surface area contributed by atoms with E-state index in [-0.39, 0.29) is 11.8 Å². The average Bonchev–Trinajstić information content (AvgIpc) is 2.76. The number of hydrogen-bond acceptors (Lipinski definition) is 3. The van der Waals surface area contributed by atoms with Gasteiger partial charge in [-0.3, -0.25) is 14.5 Å². The number of benzene rings is 3. The molecule has 3 aromatic carbocycles. The minimum absolute atomic E-state index is 0.0884. The molecule has 3 rings (SSSR count). The van der Waals surface area contributed by atoms with Crippen molar-refractivity contribution in [3.8, 4) is 0 Å². The summed E-state index contributed by atoms with van der Waals surface area (Å²) < 4.78 is 0. The Morgan fingerprint density at radius 2 is 1.53 bits per heavy atom. The van der Waals surface area contributed by atoms with Crippen molar-refractivity contribution < 1.29 is 9.59 Å². The highest BCUT2D eigenvalue weighted by molar-refractivity contribution is 5.95. The number of rotatable bonds is 7. The second-order valence-electron chi connectivity index (χ2n) is 7.36. The van der Waals surface area contributed by atoms with Crippen LogP contribution in [-0.2, 0) is 11.3 Å². The number of aryl methyl sites for hydroxylation is 1. The van der Waals surface area contributed by atoms with Gasteiger partial charge in [0.2, 0.25) is 5.91 Å². The molecule has 30 heavy (non-hydrogen) atoms. The van der Waals surface area contributed by atoms with Crippen LogP contribution >= 0.6 is 0 Å². The fourth-order valence-corrected chi connectivity index (χ4v) is 3.37. The van der Waals surface area contributed by atoms with Gasteiger partial charge in [0.05, 0.1) is 0 Å². The van der Waals surface area contributed by atoms with Crippen LogP contribution in [0, 0.1) is 6.92 Å². The van der Waals surface area contributed by atoms with E-state index in [1.165, 1.54) is 0 Å². The Labute approximate surface area is 177 Å². The number of nitrogens with zero attached hydrogens (tertiary/aromatic N) is 1. The number of hydrogen-bond donors (Lipinski definition) is 2. The molecule has 0 heterocycles. The smallest absolute Gasteiger partial charge is 0.251 e. The molecule has 154 valence electrons. The van der Waals surface area contributed by atoms with Crippen LogP contribution in [0.15, 0.2) is 78.9 Å². The van der Waals surface area contributed by atoms with Crippen molar-refractivity contribution in [1.82, 2.24) is 10.2 Å². The molecule has 0 spiro atoms. The zero-order chi connectivity index (χ0) is 21.5. The van der Waals surface area contributed by atoms with Crippen LogP contribution in [0.1, 0.15) is 33.1 Å². The fraction of sp³-hybridized carbons (Fsp3) is 0.200. The Balaban J connectivity index is 1.80. The molecule has 2 amide bonds. The van der Waals surface area contributed by atoms with Crippen LogP contribution in [0.25, 0.3) is 0 Å². The lowest BCUT2D eigenvalue weighted by Crippen LogP contribution is -2.34. The third kappa shape index (κ3) is 5.33.